The smallest absolute Gasteiger partial charge is 0.314 e. The van der Waals surface area contributed by atoms with Crippen LogP contribution in [0.4, 0.5) is 17.6 Å². The van der Waals surface area contributed by atoms with Gasteiger partial charge >= 0.3 is 5.97 Å². The Labute approximate surface area is 178 Å². The standard InChI is InChI=1S/C23H24F4N2O2/c1-5-6-14-17(24)19(26)15(20(27)18(14)25)11-31-21(30)16(12(2)3)13-9-28-22(29-10-13)23(4)7-8-23/h5,9-10,12,16H,1,6-8,11H2,2-4H3. The molecule has 0 saturated heterocycles. The molecule has 2 aromatic rings. The van der Waals surface area contributed by atoms with Crippen molar-refractivity contribution >= 4 is 5.97 Å². The minimum atomic E-state index is -1.59. The van der Waals surface area contributed by atoms with Crippen LogP contribution in [0.1, 0.15) is 62.0 Å². The van der Waals surface area contributed by atoms with Crippen molar-refractivity contribution < 1.29 is 27.1 Å². The van der Waals surface area contributed by atoms with Crippen LogP contribution in [-0.4, -0.2) is 15.9 Å². The largest absolute Gasteiger partial charge is 0.460 e. The lowest BCUT2D eigenvalue weighted by Crippen LogP contribution is -2.22. The van der Waals surface area contributed by atoms with Gasteiger partial charge < -0.3 is 4.74 Å². The monoisotopic (exact) mass is 436 g/mol. The van der Waals surface area contributed by atoms with Crippen molar-refractivity contribution in [3.63, 3.8) is 0 Å². The zero-order chi connectivity index (χ0) is 22.9. The molecule has 1 fully saturated rings. The summed E-state index contributed by atoms with van der Waals surface area (Å²) in [7, 11) is 0. The number of benzene rings is 1. The van der Waals surface area contributed by atoms with E-state index in [-0.39, 0.29) is 17.8 Å². The second-order valence-electron chi connectivity index (χ2n) is 8.44. The molecule has 3 rings (SSSR count). The Morgan fingerprint density at radius 1 is 1.10 bits per heavy atom. The van der Waals surface area contributed by atoms with Crippen LogP contribution >= 0.6 is 0 Å². The molecular weight excluding hydrogens is 412 g/mol. The minimum Gasteiger partial charge on any atom is -0.460 e. The normalized spacial score (nSPS) is 15.6. The number of aromatic nitrogens is 2. The fourth-order valence-electron chi connectivity index (χ4n) is 3.42. The van der Waals surface area contributed by atoms with Crippen LogP contribution in [0, 0.1) is 29.2 Å². The Morgan fingerprint density at radius 3 is 2.06 bits per heavy atom. The number of nitrogens with zero attached hydrogens (tertiary/aromatic N) is 2. The molecule has 31 heavy (non-hydrogen) atoms. The summed E-state index contributed by atoms with van der Waals surface area (Å²) in [6.07, 6.45) is 5.83. The van der Waals surface area contributed by atoms with Crippen LogP contribution in [0.5, 0.6) is 0 Å². The van der Waals surface area contributed by atoms with Crippen LogP contribution in [0.3, 0.4) is 0 Å². The molecule has 4 nitrogen and oxygen atoms in total. The Bertz CT molecular complexity index is 973. The van der Waals surface area contributed by atoms with E-state index in [0.717, 1.165) is 18.9 Å². The van der Waals surface area contributed by atoms with E-state index in [1.54, 1.807) is 26.2 Å². The quantitative estimate of drug-likeness (QED) is 0.244. The van der Waals surface area contributed by atoms with Gasteiger partial charge in [-0.1, -0.05) is 26.8 Å². The van der Waals surface area contributed by atoms with E-state index in [4.69, 9.17) is 4.74 Å². The lowest BCUT2D eigenvalue weighted by Gasteiger charge is -2.20. The number of carbonyl (C=O) groups excluding carboxylic acids is 1. The summed E-state index contributed by atoms with van der Waals surface area (Å²) in [6.45, 7) is 7.96. The van der Waals surface area contributed by atoms with E-state index >= 15 is 0 Å². The summed E-state index contributed by atoms with van der Waals surface area (Å²) in [4.78, 5) is 21.4. The summed E-state index contributed by atoms with van der Waals surface area (Å²) >= 11 is 0. The van der Waals surface area contributed by atoms with E-state index in [1.165, 1.54) is 0 Å². The average Bonchev–Trinajstić information content (AvgIpc) is 3.48. The number of halogens is 4. The van der Waals surface area contributed by atoms with Crippen molar-refractivity contribution in [2.75, 3.05) is 0 Å². The molecule has 8 heteroatoms. The van der Waals surface area contributed by atoms with Gasteiger partial charge in [-0.05, 0) is 25.2 Å². The van der Waals surface area contributed by atoms with Crippen molar-refractivity contribution in [1.82, 2.24) is 9.97 Å². The zero-order valence-corrected chi connectivity index (χ0v) is 17.6. The highest BCUT2D eigenvalue weighted by atomic mass is 19.2. The molecule has 1 heterocycles. The SMILES string of the molecule is C=CCc1c(F)c(F)c(COC(=O)C(c2cnc(C3(C)CC3)nc2)C(C)C)c(F)c1F. The van der Waals surface area contributed by atoms with Gasteiger partial charge in [0.2, 0.25) is 0 Å². The Hall–Kier alpha value is -2.77. The number of hydrogen-bond acceptors (Lipinski definition) is 4. The predicted octanol–water partition coefficient (Wildman–Crippen LogP) is 5.30. The van der Waals surface area contributed by atoms with Gasteiger partial charge in [0.25, 0.3) is 0 Å². The molecule has 1 unspecified atom stereocenters. The Morgan fingerprint density at radius 2 is 1.61 bits per heavy atom. The van der Waals surface area contributed by atoms with Crippen molar-refractivity contribution in [3.05, 3.63) is 70.8 Å². The molecule has 166 valence electrons. The van der Waals surface area contributed by atoms with Crippen molar-refractivity contribution in [2.45, 2.75) is 58.0 Å². The van der Waals surface area contributed by atoms with Crippen LogP contribution in [0.2, 0.25) is 0 Å². The maximum atomic E-state index is 14.3. The van der Waals surface area contributed by atoms with Gasteiger partial charge in [-0.15, -0.1) is 6.58 Å². The first kappa shape index (κ1) is 22.9. The van der Waals surface area contributed by atoms with E-state index in [0.29, 0.717) is 11.4 Å². The molecule has 1 aromatic heterocycles. The number of hydrogen-bond donors (Lipinski definition) is 0. The summed E-state index contributed by atoms with van der Waals surface area (Å²) in [6, 6.07) is 0. The Balaban J connectivity index is 1.80. The molecule has 0 N–H and O–H groups in total. The van der Waals surface area contributed by atoms with Crippen molar-refractivity contribution in [1.29, 1.82) is 0 Å². The van der Waals surface area contributed by atoms with Gasteiger partial charge in [0, 0.05) is 28.9 Å². The Kier molecular flexibility index (Phi) is 6.48. The third-order valence-corrected chi connectivity index (χ3v) is 5.64. The first-order chi connectivity index (χ1) is 14.6. The molecule has 0 aliphatic heterocycles. The maximum Gasteiger partial charge on any atom is 0.314 e. The molecular formula is C23H24F4N2O2. The minimum absolute atomic E-state index is 0.0344. The second-order valence-corrected chi connectivity index (χ2v) is 8.44. The predicted molar refractivity (Wildman–Crippen MR) is 106 cm³/mol. The molecule has 0 spiro atoms. The third-order valence-electron chi connectivity index (χ3n) is 5.64. The van der Waals surface area contributed by atoms with Gasteiger partial charge in [-0.3, -0.25) is 4.79 Å². The van der Waals surface area contributed by atoms with E-state index in [9.17, 15) is 22.4 Å². The number of carbonyl (C=O) groups is 1. The lowest BCUT2D eigenvalue weighted by molar-refractivity contribution is -0.148. The third kappa shape index (κ3) is 4.48. The van der Waals surface area contributed by atoms with Crippen molar-refractivity contribution in [2.24, 2.45) is 5.92 Å². The van der Waals surface area contributed by atoms with Crippen LogP contribution < -0.4 is 0 Å². The van der Waals surface area contributed by atoms with Crippen LogP contribution in [-0.2, 0) is 28.0 Å². The van der Waals surface area contributed by atoms with E-state index in [2.05, 4.69) is 23.5 Å². The molecule has 1 atom stereocenters. The second kappa shape index (κ2) is 8.77. The van der Waals surface area contributed by atoms with Gasteiger partial charge in [-0.2, -0.15) is 0 Å². The van der Waals surface area contributed by atoms with Gasteiger partial charge in [0.15, 0.2) is 23.3 Å². The summed E-state index contributed by atoms with van der Waals surface area (Å²) in [5.41, 5.74) is -1.28. The topological polar surface area (TPSA) is 52.1 Å². The van der Waals surface area contributed by atoms with E-state index < -0.39 is 52.9 Å². The first-order valence-corrected chi connectivity index (χ1v) is 10.0. The molecule has 0 amide bonds. The number of allylic oxidation sites excluding steroid dienone is 1. The highest BCUT2D eigenvalue weighted by molar-refractivity contribution is 5.78. The number of esters is 1. The summed E-state index contributed by atoms with van der Waals surface area (Å²) in [5.74, 6) is -7.37. The van der Waals surface area contributed by atoms with Crippen molar-refractivity contribution in [3.8, 4) is 0 Å². The van der Waals surface area contributed by atoms with Crippen LogP contribution in [0.25, 0.3) is 0 Å². The summed E-state index contributed by atoms with van der Waals surface area (Å²) in [5, 5.41) is 0. The average molecular weight is 436 g/mol. The highest BCUT2D eigenvalue weighted by Crippen LogP contribution is 2.45. The van der Waals surface area contributed by atoms with Gasteiger partial charge in [0.05, 0.1) is 11.5 Å². The molecule has 1 aromatic carbocycles. The fraction of sp³-hybridized carbons (Fsp3) is 0.435. The number of rotatable bonds is 8. The zero-order valence-electron chi connectivity index (χ0n) is 17.6. The molecule has 1 saturated carbocycles. The van der Waals surface area contributed by atoms with E-state index in [1.807, 2.05) is 0 Å². The fourth-order valence-corrected chi connectivity index (χ4v) is 3.42. The molecule has 1 aliphatic carbocycles. The lowest BCUT2D eigenvalue weighted by atomic mass is 9.90. The van der Waals surface area contributed by atoms with Crippen LogP contribution in [0.15, 0.2) is 25.0 Å². The molecule has 0 bridgehead atoms. The first-order valence-electron chi connectivity index (χ1n) is 10.0. The maximum absolute atomic E-state index is 14.3. The molecule has 0 radical (unpaired) electrons. The van der Waals surface area contributed by atoms with Gasteiger partial charge in [0.1, 0.15) is 12.4 Å². The van der Waals surface area contributed by atoms with Gasteiger partial charge in [-0.25, -0.2) is 27.5 Å². The highest BCUT2D eigenvalue weighted by Gasteiger charge is 2.42. The number of ether oxygens (including phenoxy) is 1. The molecule has 1 aliphatic rings. The summed E-state index contributed by atoms with van der Waals surface area (Å²) < 4.78 is 61.9.